The Hall–Kier alpha value is -3.29. The number of hydrogen-bond donors (Lipinski definition) is 2. The summed E-state index contributed by atoms with van der Waals surface area (Å²) in [5, 5.41) is 19.7. The van der Waals surface area contributed by atoms with Gasteiger partial charge in [-0.1, -0.05) is 59.3 Å². The number of phenols is 2. The van der Waals surface area contributed by atoms with Crippen LogP contribution in [0.1, 0.15) is 118 Å². The van der Waals surface area contributed by atoms with Crippen molar-refractivity contribution in [1.29, 1.82) is 0 Å². The summed E-state index contributed by atoms with van der Waals surface area (Å²) in [6.45, 7) is 15.8. The predicted octanol–water partition coefficient (Wildman–Crippen LogP) is 8.54. The van der Waals surface area contributed by atoms with Crippen LogP contribution in [0, 0.1) is 50.2 Å². The summed E-state index contributed by atoms with van der Waals surface area (Å²) in [7, 11) is 1.51. The summed E-state index contributed by atoms with van der Waals surface area (Å²) in [4.78, 5) is 39.4. The second kappa shape index (κ2) is 12.4. The number of rotatable bonds is 6. The van der Waals surface area contributed by atoms with Crippen molar-refractivity contribution in [2.24, 2.45) is 50.2 Å². The molecule has 8 nitrogen and oxygen atoms in total. The van der Waals surface area contributed by atoms with Crippen LogP contribution in [0.25, 0.3) is 6.08 Å². The number of hydrogen-bond acceptors (Lipinski definition) is 8. The summed E-state index contributed by atoms with van der Waals surface area (Å²) < 4.78 is 17.8. The van der Waals surface area contributed by atoms with Gasteiger partial charge in [0.25, 0.3) is 0 Å². The zero-order valence-electron chi connectivity index (χ0n) is 31.4. The zero-order chi connectivity index (χ0) is 36.5. The molecule has 5 aliphatic carbocycles. The van der Waals surface area contributed by atoms with Gasteiger partial charge in [0, 0.05) is 23.8 Å². The van der Waals surface area contributed by atoms with Crippen LogP contribution in [-0.2, 0) is 28.6 Å². The molecule has 1 aromatic carbocycles. The highest BCUT2D eigenvalue weighted by Crippen LogP contribution is 2.76. The van der Waals surface area contributed by atoms with Crippen molar-refractivity contribution in [2.45, 2.75) is 119 Å². The van der Waals surface area contributed by atoms with Crippen LogP contribution in [0.4, 0.5) is 0 Å². The van der Waals surface area contributed by atoms with Gasteiger partial charge in [0.2, 0.25) is 0 Å². The van der Waals surface area contributed by atoms with Gasteiger partial charge in [-0.2, -0.15) is 0 Å². The lowest BCUT2D eigenvalue weighted by molar-refractivity contribution is -0.222. The van der Waals surface area contributed by atoms with Crippen molar-refractivity contribution in [2.75, 3.05) is 13.7 Å². The number of allylic oxidation sites excluding steroid dienone is 1. The van der Waals surface area contributed by atoms with Gasteiger partial charge >= 0.3 is 17.9 Å². The Morgan fingerprint density at radius 3 is 2.30 bits per heavy atom. The molecule has 6 rings (SSSR count). The van der Waals surface area contributed by atoms with E-state index in [1.54, 1.807) is 12.1 Å². The smallest absolute Gasteiger partial charge is 0.330 e. The van der Waals surface area contributed by atoms with E-state index in [0.29, 0.717) is 23.8 Å². The molecule has 8 atom stereocenters. The summed E-state index contributed by atoms with van der Waals surface area (Å²) in [6, 6.07) is 4.42. The van der Waals surface area contributed by atoms with Crippen LogP contribution < -0.4 is 0 Å². The molecule has 4 fully saturated rings. The number of ether oxygens (including phenoxy) is 3. The van der Waals surface area contributed by atoms with E-state index in [9.17, 15) is 24.6 Å². The monoisotopic (exact) mass is 690 g/mol. The lowest BCUT2D eigenvalue weighted by Crippen LogP contribution is -2.67. The molecular weight excluding hydrogens is 632 g/mol. The molecule has 0 spiro atoms. The van der Waals surface area contributed by atoms with Gasteiger partial charge in [-0.25, -0.2) is 4.79 Å². The van der Waals surface area contributed by atoms with Crippen LogP contribution in [-0.4, -0.2) is 47.9 Å². The molecule has 274 valence electrons. The summed E-state index contributed by atoms with van der Waals surface area (Å²) in [5.41, 5.74) is 0.465. The number of fused-ring (bicyclic) bond motifs is 7. The highest BCUT2D eigenvalue weighted by Gasteiger charge is 2.71. The third-order valence-electron chi connectivity index (χ3n) is 15.0. The van der Waals surface area contributed by atoms with Gasteiger partial charge < -0.3 is 24.4 Å². The molecule has 0 unspecified atom stereocenters. The zero-order valence-corrected chi connectivity index (χ0v) is 31.4. The van der Waals surface area contributed by atoms with E-state index in [1.165, 1.54) is 37.8 Å². The molecule has 2 N–H and O–H groups in total. The van der Waals surface area contributed by atoms with Gasteiger partial charge in [-0.15, -0.1) is 0 Å². The van der Waals surface area contributed by atoms with Crippen molar-refractivity contribution in [3.8, 4) is 11.5 Å². The minimum atomic E-state index is -0.585. The van der Waals surface area contributed by atoms with E-state index in [1.807, 2.05) is 0 Å². The highest BCUT2D eigenvalue weighted by atomic mass is 16.5. The highest BCUT2D eigenvalue weighted by molar-refractivity contribution is 5.87. The molecule has 8 heteroatoms. The first-order valence-electron chi connectivity index (χ1n) is 18.7. The Morgan fingerprint density at radius 1 is 0.900 bits per heavy atom. The van der Waals surface area contributed by atoms with Crippen LogP contribution in [0.2, 0.25) is 0 Å². The SMILES string of the molecule is COC(=O)[C@]12CCC(C)(C)C[C@H]1C1=CC[C@@H]3[C@@]4(C)CC[C@@H](OC(C)=O)C(C)(C)[C@@H]4CC[C@@]3(C)[C@]1(COC(=O)/C=C/c1ccc(O)c(O)c1)CC2. The predicted molar refractivity (Wildman–Crippen MR) is 191 cm³/mol. The van der Waals surface area contributed by atoms with Crippen LogP contribution in [0.3, 0.4) is 0 Å². The lowest BCUT2D eigenvalue weighted by Gasteiger charge is -2.71. The largest absolute Gasteiger partial charge is 0.504 e. The summed E-state index contributed by atoms with van der Waals surface area (Å²) in [6.07, 6.45) is 14.0. The number of benzene rings is 1. The van der Waals surface area contributed by atoms with E-state index < -0.39 is 16.8 Å². The van der Waals surface area contributed by atoms with Crippen LogP contribution in [0.5, 0.6) is 11.5 Å². The Labute approximate surface area is 298 Å². The number of carbonyl (C=O) groups is 3. The molecule has 5 aliphatic rings. The third kappa shape index (κ3) is 5.58. The number of carbonyl (C=O) groups excluding carboxylic acids is 3. The fourth-order valence-corrected chi connectivity index (χ4v) is 12.4. The average Bonchev–Trinajstić information content (AvgIpc) is 3.04. The fourth-order valence-electron chi connectivity index (χ4n) is 12.4. The van der Waals surface area contributed by atoms with Crippen molar-refractivity contribution in [1.82, 2.24) is 0 Å². The van der Waals surface area contributed by atoms with E-state index in [4.69, 9.17) is 14.2 Å². The molecule has 0 radical (unpaired) electrons. The second-order valence-corrected chi connectivity index (χ2v) is 18.3. The van der Waals surface area contributed by atoms with Crippen molar-refractivity contribution in [3.63, 3.8) is 0 Å². The van der Waals surface area contributed by atoms with E-state index in [0.717, 1.165) is 57.8 Å². The summed E-state index contributed by atoms with van der Waals surface area (Å²) >= 11 is 0. The first-order chi connectivity index (χ1) is 23.3. The molecule has 0 aromatic heterocycles. The lowest BCUT2D eigenvalue weighted by atomic mass is 9.33. The van der Waals surface area contributed by atoms with Gasteiger partial charge in [-0.05, 0) is 122 Å². The van der Waals surface area contributed by atoms with Gasteiger partial charge in [0.05, 0.1) is 12.5 Å². The van der Waals surface area contributed by atoms with Crippen molar-refractivity contribution < 1.29 is 38.8 Å². The van der Waals surface area contributed by atoms with Gasteiger partial charge in [0.1, 0.15) is 12.7 Å². The molecule has 4 saturated carbocycles. The maximum absolute atomic E-state index is 13.8. The second-order valence-electron chi connectivity index (χ2n) is 18.3. The van der Waals surface area contributed by atoms with Crippen molar-refractivity contribution in [3.05, 3.63) is 41.5 Å². The quantitative estimate of drug-likeness (QED) is 0.100. The number of methoxy groups -OCH3 is 1. The average molecular weight is 691 g/mol. The van der Waals surface area contributed by atoms with Crippen molar-refractivity contribution >= 4 is 24.0 Å². The molecule has 0 bridgehead atoms. The Bertz CT molecular complexity index is 1600. The third-order valence-corrected chi connectivity index (χ3v) is 15.0. The molecule has 0 aliphatic heterocycles. The van der Waals surface area contributed by atoms with E-state index in [-0.39, 0.29) is 63.7 Å². The maximum Gasteiger partial charge on any atom is 0.330 e. The Morgan fingerprint density at radius 2 is 1.62 bits per heavy atom. The molecule has 0 saturated heterocycles. The van der Waals surface area contributed by atoms with Crippen LogP contribution >= 0.6 is 0 Å². The molecular formula is C42H58O8. The fraction of sp³-hybridized carbons (Fsp3) is 0.690. The van der Waals surface area contributed by atoms with Gasteiger partial charge in [-0.3, -0.25) is 9.59 Å². The molecule has 1 aromatic rings. The topological polar surface area (TPSA) is 119 Å². The molecule has 50 heavy (non-hydrogen) atoms. The molecule has 0 amide bonds. The summed E-state index contributed by atoms with van der Waals surface area (Å²) in [5.74, 6) is -0.602. The standard InChI is InChI=1S/C42H58O8/c1-26(43)50-34-16-17-39(6)32(38(34,4)5)15-18-40(7)33(39)13-11-28-29-24-37(2,3)19-20-41(29,36(47)48-8)21-22-42(28,40)25-49-35(46)14-10-27-9-12-30(44)31(45)23-27/h9-12,14,23,29,32-34,44-45H,13,15-22,24-25H2,1-8H3/b14-10+/t29-,32-,33+,34+,39-,40+,41-,42-/m0/s1. The first kappa shape index (κ1) is 36.5. The van der Waals surface area contributed by atoms with E-state index >= 15 is 0 Å². The number of phenolic OH excluding ortho intramolecular Hbond substituents is 2. The number of aromatic hydroxyl groups is 2. The van der Waals surface area contributed by atoms with E-state index in [2.05, 4.69) is 47.6 Å². The Kier molecular flexibility index (Phi) is 9.08. The minimum absolute atomic E-state index is 0.00103. The normalized spacial score (nSPS) is 38.4. The first-order valence-corrected chi connectivity index (χ1v) is 18.7. The maximum atomic E-state index is 13.8. The minimum Gasteiger partial charge on any atom is -0.504 e. The molecule has 0 heterocycles. The number of esters is 3. The Balaban J connectivity index is 1.41. The van der Waals surface area contributed by atoms with Gasteiger partial charge in [0.15, 0.2) is 11.5 Å². The van der Waals surface area contributed by atoms with Crippen LogP contribution in [0.15, 0.2) is 35.9 Å².